The van der Waals surface area contributed by atoms with Crippen LogP contribution in [0.4, 0.5) is 0 Å². The monoisotopic (exact) mass is 200 g/mol. The van der Waals surface area contributed by atoms with Gasteiger partial charge in [-0.1, -0.05) is 0 Å². The van der Waals surface area contributed by atoms with E-state index >= 15 is 0 Å². The maximum absolute atomic E-state index is 11.5. The summed E-state index contributed by atoms with van der Waals surface area (Å²) < 4.78 is 4.92. The molecule has 1 rings (SSSR count). The van der Waals surface area contributed by atoms with Gasteiger partial charge in [-0.2, -0.15) is 0 Å². The Bertz CT molecular complexity index is 208. The minimum Gasteiger partial charge on any atom is -0.466 e. The lowest BCUT2D eigenvalue weighted by Gasteiger charge is -2.29. The maximum Gasteiger partial charge on any atom is 0.312 e. The minimum atomic E-state index is -0.256. The van der Waals surface area contributed by atoms with Gasteiger partial charge in [-0.15, -0.1) is 0 Å². The summed E-state index contributed by atoms with van der Waals surface area (Å²) in [6, 6.07) is -0.0900. The molecular weight excluding hydrogens is 184 g/mol. The molecule has 1 aliphatic rings. The Morgan fingerprint density at radius 1 is 1.71 bits per heavy atom. The summed E-state index contributed by atoms with van der Waals surface area (Å²) >= 11 is 0. The van der Waals surface area contributed by atoms with Gasteiger partial charge < -0.3 is 15.4 Å². The van der Waals surface area contributed by atoms with Crippen molar-refractivity contribution in [1.82, 2.24) is 10.6 Å². The molecule has 1 fully saturated rings. The van der Waals surface area contributed by atoms with Crippen molar-refractivity contribution in [3.05, 3.63) is 0 Å². The third-order valence-electron chi connectivity index (χ3n) is 2.35. The van der Waals surface area contributed by atoms with E-state index in [0.29, 0.717) is 19.6 Å². The first kappa shape index (κ1) is 11.0. The Hall–Kier alpha value is -1.10. The fourth-order valence-electron chi connectivity index (χ4n) is 1.64. The van der Waals surface area contributed by atoms with Gasteiger partial charge in [0.15, 0.2) is 0 Å². The van der Waals surface area contributed by atoms with E-state index in [0.717, 1.165) is 13.0 Å². The predicted molar refractivity (Wildman–Crippen MR) is 50.6 cm³/mol. The van der Waals surface area contributed by atoms with E-state index in [4.69, 9.17) is 4.74 Å². The summed E-state index contributed by atoms with van der Waals surface area (Å²) in [5.41, 5.74) is 0. The third kappa shape index (κ3) is 2.70. The molecule has 0 aromatic rings. The number of piperidine rings is 1. The normalized spacial score (nSPS) is 26.6. The van der Waals surface area contributed by atoms with Gasteiger partial charge in [0.2, 0.25) is 6.41 Å². The van der Waals surface area contributed by atoms with Crippen molar-refractivity contribution in [3.63, 3.8) is 0 Å². The number of hydrogen-bond acceptors (Lipinski definition) is 4. The van der Waals surface area contributed by atoms with Crippen LogP contribution in [0, 0.1) is 5.92 Å². The molecular formula is C9H16N2O3. The van der Waals surface area contributed by atoms with Gasteiger partial charge in [-0.05, 0) is 19.9 Å². The van der Waals surface area contributed by atoms with Crippen LogP contribution in [-0.4, -0.2) is 38.1 Å². The number of ether oxygens (including phenoxy) is 1. The molecule has 2 N–H and O–H groups in total. The smallest absolute Gasteiger partial charge is 0.312 e. The molecule has 0 bridgehead atoms. The highest BCUT2D eigenvalue weighted by molar-refractivity contribution is 5.74. The largest absolute Gasteiger partial charge is 0.466 e. The average Bonchev–Trinajstić information content (AvgIpc) is 2.19. The molecule has 0 spiro atoms. The average molecular weight is 200 g/mol. The van der Waals surface area contributed by atoms with Crippen LogP contribution in [0.25, 0.3) is 0 Å². The molecule has 5 heteroatoms. The van der Waals surface area contributed by atoms with Gasteiger partial charge in [0.05, 0.1) is 12.5 Å². The molecule has 0 aromatic carbocycles. The van der Waals surface area contributed by atoms with E-state index in [-0.39, 0.29) is 17.9 Å². The summed E-state index contributed by atoms with van der Waals surface area (Å²) in [4.78, 5) is 21.8. The van der Waals surface area contributed by atoms with Gasteiger partial charge in [0, 0.05) is 12.6 Å². The molecule has 0 aliphatic carbocycles. The first-order valence-electron chi connectivity index (χ1n) is 4.86. The molecule has 1 heterocycles. The zero-order chi connectivity index (χ0) is 10.4. The Labute approximate surface area is 83.2 Å². The van der Waals surface area contributed by atoms with Crippen molar-refractivity contribution in [2.75, 3.05) is 19.7 Å². The summed E-state index contributed by atoms with van der Waals surface area (Å²) in [7, 11) is 0. The predicted octanol–water partition coefficient (Wildman–Crippen LogP) is -0.726. The zero-order valence-corrected chi connectivity index (χ0v) is 8.29. The highest BCUT2D eigenvalue weighted by Gasteiger charge is 2.31. The van der Waals surface area contributed by atoms with Crippen molar-refractivity contribution in [2.24, 2.45) is 5.92 Å². The molecule has 80 valence electrons. The Morgan fingerprint density at radius 2 is 2.50 bits per heavy atom. The minimum absolute atomic E-state index is 0.0900. The number of carbonyl (C=O) groups is 2. The molecule has 5 nitrogen and oxygen atoms in total. The van der Waals surface area contributed by atoms with Crippen LogP contribution in [0.3, 0.4) is 0 Å². The standard InChI is InChI=1S/C9H16N2O3/c1-2-14-9(13)7-5-10-4-3-8(7)11-6-12/h6-8,10H,2-5H2,1H3,(H,11,12). The van der Waals surface area contributed by atoms with E-state index in [1.807, 2.05) is 0 Å². The number of nitrogens with one attached hydrogen (secondary N) is 2. The fourth-order valence-corrected chi connectivity index (χ4v) is 1.64. The highest BCUT2D eigenvalue weighted by Crippen LogP contribution is 2.12. The Kier molecular flexibility index (Phi) is 4.39. The molecule has 2 unspecified atom stereocenters. The molecule has 1 aliphatic heterocycles. The first-order valence-corrected chi connectivity index (χ1v) is 4.86. The second-order valence-electron chi connectivity index (χ2n) is 3.24. The number of amides is 1. The van der Waals surface area contributed by atoms with Crippen LogP contribution in [0.5, 0.6) is 0 Å². The van der Waals surface area contributed by atoms with E-state index in [9.17, 15) is 9.59 Å². The van der Waals surface area contributed by atoms with E-state index in [1.165, 1.54) is 0 Å². The van der Waals surface area contributed by atoms with Crippen LogP contribution in [0.1, 0.15) is 13.3 Å². The highest BCUT2D eigenvalue weighted by atomic mass is 16.5. The van der Waals surface area contributed by atoms with Crippen LogP contribution >= 0.6 is 0 Å². The molecule has 0 radical (unpaired) electrons. The van der Waals surface area contributed by atoms with Crippen molar-refractivity contribution < 1.29 is 14.3 Å². The van der Waals surface area contributed by atoms with Gasteiger partial charge >= 0.3 is 5.97 Å². The Morgan fingerprint density at radius 3 is 3.14 bits per heavy atom. The summed E-state index contributed by atoms with van der Waals surface area (Å²) in [5, 5.41) is 5.76. The molecule has 0 aromatic heterocycles. The van der Waals surface area contributed by atoms with E-state index in [1.54, 1.807) is 6.92 Å². The van der Waals surface area contributed by atoms with Crippen molar-refractivity contribution in [2.45, 2.75) is 19.4 Å². The van der Waals surface area contributed by atoms with Crippen LogP contribution < -0.4 is 10.6 Å². The fraction of sp³-hybridized carbons (Fsp3) is 0.778. The SMILES string of the molecule is CCOC(=O)C1CNCCC1NC=O. The lowest BCUT2D eigenvalue weighted by Crippen LogP contribution is -2.50. The van der Waals surface area contributed by atoms with Crippen molar-refractivity contribution >= 4 is 12.4 Å². The summed E-state index contributed by atoms with van der Waals surface area (Å²) in [6.45, 7) is 3.55. The number of carbonyl (C=O) groups excluding carboxylic acids is 2. The van der Waals surface area contributed by atoms with Gasteiger partial charge in [-0.3, -0.25) is 9.59 Å². The van der Waals surface area contributed by atoms with Crippen LogP contribution in [-0.2, 0) is 14.3 Å². The molecule has 14 heavy (non-hydrogen) atoms. The van der Waals surface area contributed by atoms with Crippen LogP contribution in [0.15, 0.2) is 0 Å². The topological polar surface area (TPSA) is 67.4 Å². The number of rotatable bonds is 4. The van der Waals surface area contributed by atoms with Gasteiger partial charge in [0.1, 0.15) is 0 Å². The van der Waals surface area contributed by atoms with Crippen molar-refractivity contribution in [3.8, 4) is 0 Å². The lowest BCUT2D eigenvalue weighted by atomic mass is 9.94. The number of esters is 1. The summed E-state index contributed by atoms with van der Waals surface area (Å²) in [5.74, 6) is -0.493. The van der Waals surface area contributed by atoms with E-state index < -0.39 is 0 Å². The maximum atomic E-state index is 11.5. The zero-order valence-electron chi connectivity index (χ0n) is 8.29. The molecule has 1 saturated heterocycles. The molecule has 0 saturated carbocycles. The molecule has 2 atom stereocenters. The van der Waals surface area contributed by atoms with Gasteiger partial charge in [0.25, 0.3) is 0 Å². The lowest BCUT2D eigenvalue weighted by molar-refractivity contribution is -0.149. The quantitative estimate of drug-likeness (QED) is 0.464. The second-order valence-corrected chi connectivity index (χ2v) is 3.24. The Balaban J connectivity index is 2.52. The second kappa shape index (κ2) is 5.59. The molecule has 1 amide bonds. The first-order chi connectivity index (χ1) is 6.79. The summed E-state index contributed by atoms with van der Waals surface area (Å²) in [6.07, 6.45) is 1.41. The van der Waals surface area contributed by atoms with Crippen LogP contribution in [0.2, 0.25) is 0 Å². The van der Waals surface area contributed by atoms with E-state index in [2.05, 4.69) is 10.6 Å². The van der Waals surface area contributed by atoms with Gasteiger partial charge in [-0.25, -0.2) is 0 Å². The van der Waals surface area contributed by atoms with Crippen molar-refractivity contribution in [1.29, 1.82) is 0 Å². The number of hydrogen-bond donors (Lipinski definition) is 2. The third-order valence-corrected chi connectivity index (χ3v) is 2.35.